The molecule has 24 heavy (non-hydrogen) atoms. The standard InChI is InChI=1S/C17H32N4O2S/c1-18(2)11-12-19(3)13-14-20(4)15-16-21(5)24(22,23)17-9-7-6-8-10-17/h6-10H,11-16H2,1-5H3. The number of sulfonamides is 1. The normalized spacial score (nSPS) is 12.7. The van der Waals surface area contributed by atoms with Gasteiger partial charge in [-0.05, 0) is 40.3 Å². The molecule has 0 atom stereocenters. The van der Waals surface area contributed by atoms with Gasteiger partial charge in [-0.3, -0.25) is 0 Å². The van der Waals surface area contributed by atoms with E-state index < -0.39 is 10.0 Å². The Balaban J connectivity index is 2.37. The Hall–Kier alpha value is -0.990. The van der Waals surface area contributed by atoms with Crippen LogP contribution in [0, 0.1) is 0 Å². The molecule has 0 aromatic heterocycles. The molecule has 0 bridgehead atoms. The fraction of sp³-hybridized carbons (Fsp3) is 0.647. The lowest BCUT2D eigenvalue weighted by atomic mass is 10.4. The van der Waals surface area contributed by atoms with E-state index in [2.05, 4.69) is 35.8 Å². The van der Waals surface area contributed by atoms with Crippen molar-refractivity contribution in [2.75, 3.05) is 74.5 Å². The van der Waals surface area contributed by atoms with E-state index in [1.54, 1.807) is 31.3 Å². The molecule has 0 aliphatic heterocycles. The van der Waals surface area contributed by atoms with E-state index in [0.717, 1.165) is 26.2 Å². The van der Waals surface area contributed by atoms with Gasteiger partial charge in [-0.25, -0.2) is 8.42 Å². The molecule has 0 saturated carbocycles. The summed E-state index contributed by atoms with van der Waals surface area (Å²) in [5.41, 5.74) is 0. The predicted octanol–water partition coefficient (Wildman–Crippen LogP) is 0.732. The summed E-state index contributed by atoms with van der Waals surface area (Å²) in [6.07, 6.45) is 0. The van der Waals surface area contributed by atoms with Gasteiger partial charge in [-0.1, -0.05) is 18.2 Å². The molecule has 0 heterocycles. The van der Waals surface area contributed by atoms with E-state index in [0.29, 0.717) is 18.0 Å². The van der Waals surface area contributed by atoms with Crippen LogP contribution in [0.15, 0.2) is 35.2 Å². The molecule has 0 aliphatic carbocycles. The van der Waals surface area contributed by atoms with Crippen LogP contribution < -0.4 is 0 Å². The maximum Gasteiger partial charge on any atom is 0.242 e. The first-order valence-electron chi connectivity index (χ1n) is 8.26. The SMILES string of the molecule is CN(C)CCN(C)CCN(C)CCN(C)S(=O)(=O)c1ccccc1. The quantitative estimate of drug-likeness (QED) is 0.585. The summed E-state index contributed by atoms with van der Waals surface area (Å²) in [5.74, 6) is 0. The summed E-state index contributed by atoms with van der Waals surface area (Å²) < 4.78 is 26.3. The lowest BCUT2D eigenvalue weighted by Crippen LogP contribution is -2.38. The largest absolute Gasteiger partial charge is 0.308 e. The van der Waals surface area contributed by atoms with E-state index in [1.165, 1.54) is 4.31 Å². The first-order valence-corrected chi connectivity index (χ1v) is 9.70. The van der Waals surface area contributed by atoms with E-state index in [1.807, 2.05) is 13.1 Å². The van der Waals surface area contributed by atoms with Crippen molar-refractivity contribution in [3.8, 4) is 0 Å². The highest BCUT2D eigenvalue weighted by Crippen LogP contribution is 2.12. The highest BCUT2D eigenvalue weighted by molar-refractivity contribution is 7.89. The topological polar surface area (TPSA) is 47.1 Å². The van der Waals surface area contributed by atoms with E-state index >= 15 is 0 Å². The van der Waals surface area contributed by atoms with Crippen molar-refractivity contribution in [3.63, 3.8) is 0 Å². The second-order valence-corrected chi connectivity index (χ2v) is 8.59. The smallest absolute Gasteiger partial charge is 0.242 e. The van der Waals surface area contributed by atoms with Crippen molar-refractivity contribution in [3.05, 3.63) is 30.3 Å². The van der Waals surface area contributed by atoms with Crippen LogP contribution in [-0.2, 0) is 10.0 Å². The molecular weight excluding hydrogens is 324 g/mol. The Morgan fingerprint density at radius 1 is 0.708 bits per heavy atom. The second kappa shape index (κ2) is 10.1. The molecule has 1 aromatic carbocycles. The van der Waals surface area contributed by atoms with Gasteiger partial charge in [0.15, 0.2) is 0 Å². The van der Waals surface area contributed by atoms with Crippen molar-refractivity contribution < 1.29 is 8.42 Å². The first-order chi connectivity index (χ1) is 11.2. The van der Waals surface area contributed by atoms with Crippen LogP contribution in [-0.4, -0.2) is 102 Å². The molecule has 0 saturated heterocycles. The van der Waals surface area contributed by atoms with Crippen molar-refractivity contribution in [1.29, 1.82) is 0 Å². The third kappa shape index (κ3) is 7.27. The lowest BCUT2D eigenvalue weighted by Gasteiger charge is -2.25. The van der Waals surface area contributed by atoms with Crippen molar-refractivity contribution in [2.24, 2.45) is 0 Å². The Morgan fingerprint density at radius 2 is 1.17 bits per heavy atom. The molecule has 0 aliphatic rings. The molecule has 0 unspecified atom stereocenters. The highest BCUT2D eigenvalue weighted by atomic mass is 32.2. The zero-order valence-electron chi connectivity index (χ0n) is 15.6. The lowest BCUT2D eigenvalue weighted by molar-refractivity contribution is 0.232. The third-order valence-corrected chi connectivity index (χ3v) is 5.91. The maximum absolute atomic E-state index is 12.5. The molecule has 7 heteroatoms. The molecule has 0 N–H and O–H groups in total. The van der Waals surface area contributed by atoms with E-state index in [4.69, 9.17) is 0 Å². The van der Waals surface area contributed by atoms with Gasteiger partial charge in [0.1, 0.15) is 0 Å². The molecular formula is C17H32N4O2S. The van der Waals surface area contributed by atoms with Crippen LogP contribution in [0.25, 0.3) is 0 Å². The number of benzene rings is 1. The molecule has 0 radical (unpaired) electrons. The Labute approximate surface area is 147 Å². The monoisotopic (exact) mass is 356 g/mol. The van der Waals surface area contributed by atoms with Crippen LogP contribution in [0.1, 0.15) is 0 Å². The Kier molecular flexibility index (Phi) is 8.86. The minimum atomic E-state index is -3.39. The molecule has 1 rings (SSSR count). The molecule has 6 nitrogen and oxygen atoms in total. The van der Waals surface area contributed by atoms with Gasteiger partial charge in [0.2, 0.25) is 10.0 Å². The number of rotatable bonds is 11. The number of hydrogen-bond donors (Lipinski definition) is 0. The van der Waals surface area contributed by atoms with Gasteiger partial charge in [0, 0.05) is 46.3 Å². The van der Waals surface area contributed by atoms with Gasteiger partial charge in [-0.2, -0.15) is 4.31 Å². The number of hydrogen-bond acceptors (Lipinski definition) is 5. The zero-order chi connectivity index (χ0) is 18.2. The zero-order valence-corrected chi connectivity index (χ0v) is 16.5. The number of nitrogens with zero attached hydrogens (tertiary/aromatic N) is 4. The van der Waals surface area contributed by atoms with Crippen LogP contribution >= 0.6 is 0 Å². The van der Waals surface area contributed by atoms with Gasteiger partial charge < -0.3 is 14.7 Å². The summed E-state index contributed by atoms with van der Waals surface area (Å²) in [5, 5.41) is 0. The molecule has 0 spiro atoms. The molecule has 1 aromatic rings. The summed E-state index contributed by atoms with van der Waals surface area (Å²) in [6.45, 7) is 5.16. The fourth-order valence-electron chi connectivity index (χ4n) is 2.14. The maximum atomic E-state index is 12.5. The van der Waals surface area contributed by atoms with Gasteiger partial charge in [0.05, 0.1) is 4.90 Å². The van der Waals surface area contributed by atoms with Gasteiger partial charge in [0.25, 0.3) is 0 Å². The summed E-state index contributed by atoms with van der Waals surface area (Å²) in [6, 6.07) is 8.58. The van der Waals surface area contributed by atoms with Crippen molar-refractivity contribution >= 4 is 10.0 Å². The average molecular weight is 357 g/mol. The fourth-order valence-corrected chi connectivity index (χ4v) is 3.32. The molecule has 0 fully saturated rings. The van der Waals surface area contributed by atoms with Gasteiger partial charge >= 0.3 is 0 Å². The predicted molar refractivity (Wildman–Crippen MR) is 99.8 cm³/mol. The molecule has 0 amide bonds. The third-order valence-electron chi connectivity index (χ3n) is 4.04. The molecule has 138 valence electrons. The van der Waals surface area contributed by atoms with E-state index in [9.17, 15) is 8.42 Å². The number of likely N-dealkylation sites (N-methyl/N-ethyl adjacent to an activating group) is 4. The second-order valence-electron chi connectivity index (χ2n) is 6.55. The minimum Gasteiger partial charge on any atom is -0.308 e. The van der Waals surface area contributed by atoms with Crippen LogP contribution in [0.2, 0.25) is 0 Å². The average Bonchev–Trinajstić information content (AvgIpc) is 2.56. The van der Waals surface area contributed by atoms with Crippen LogP contribution in [0.3, 0.4) is 0 Å². The van der Waals surface area contributed by atoms with Gasteiger partial charge in [-0.15, -0.1) is 0 Å². The van der Waals surface area contributed by atoms with E-state index in [-0.39, 0.29) is 0 Å². The summed E-state index contributed by atoms with van der Waals surface area (Å²) in [4.78, 5) is 6.98. The summed E-state index contributed by atoms with van der Waals surface area (Å²) in [7, 11) is 6.53. The summed E-state index contributed by atoms with van der Waals surface area (Å²) >= 11 is 0. The van der Waals surface area contributed by atoms with Crippen molar-refractivity contribution in [2.45, 2.75) is 4.90 Å². The Morgan fingerprint density at radius 3 is 1.67 bits per heavy atom. The first kappa shape index (κ1) is 21.1. The van der Waals surface area contributed by atoms with Crippen LogP contribution in [0.5, 0.6) is 0 Å². The highest BCUT2D eigenvalue weighted by Gasteiger charge is 2.20. The van der Waals surface area contributed by atoms with Crippen molar-refractivity contribution in [1.82, 2.24) is 19.0 Å². The van der Waals surface area contributed by atoms with Crippen LogP contribution in [0.4, 0.5) is 0 Å². The Bertz CT molecular complexity index is 563. The minimum absolute atomic E-state index is 0.346.